The van der Waals surface area contributed by atoms with E-state index in [0.29, 0.717) is 0 Å². The molecule has 1 aliphatic carbocycles. The summed E-state index contributed by atoms with van der Waals surface area (Å²) in [6.07, 6.45) is 9.67. The first kappa shape index (κ1) is 16.5. The molecule has 2 N–H and O–H groups in total. The smallest absolute Gasteiger partial charge is 0.0764 e. The fourth-order valence-electron chi connectivity index (χ4n) is 3.77. The summed E-state index contributed by atoms with van der Waals surface area (Å²) in [7, 11) is 1.98. The lowest BCUT2D eigenvalue weighted by Crippen LogP contribution is -2.55. The molecule has 0 aliphatic heterocycles. The van der Waals surface area contributed by atoms with Crippen LogP contribution in [0.5, 0.6) is 0 Å². The molecule has 21 heavy (non-hydrogen) atoms. The fourth-order valence-corrected chi connectivity index (χ4v) is 3.77. The summed E-state index contributed by atoms with van der Waals surface area (Å²) in [6, 6.07) is 2.13. The van der Waals surface area contributed by atoms with Crippen molar-refractivity contribution in [1.29, 1.82) is 0 Å². The first-order valence-electron chi connectivity index (χ1n) is 8.57. The normalized spacial score (nSPS) is 26.4. The monoisotopic (exact) mass is 292 g/mol. The van der Waals surface area contributed by atoms with E-state index >= 15 is 0 Å². The second-order valence-corrected chi connectivity index (χ2v) is 6.68. The molecule has 4 nitrogen and oxygen atoms in total. The van der Waals surface area contributed by atoms with Crippen molar-refractivity contribution in [3.05, 3.63) is 18.0 Å². The van der Waals surface area contributed by atoms with Crippen LogP contribution >= 0.6 is 0 Å². The molecule has 0 saturated heterocycles. The van der Waals surface area contributed by atoms with E-state index < -0.39 is 0 Å². The molecule has 120 valence electrons. The zero-order valence-corrected chi connectivity index (χ0v) is 14.0. The molecule has 4 heteroatoms. The van der Waals surface area contributed by atoms with Gasteiger partial charge in [-0.1, -0.05) is 20.3 Å². The Balaban J connectivity index is 2.10. The van der Waals surface area contributed by atoms with Gasteiger partial charge < -0.3 is 5.73 Å². The summed E-state index contributed by atoms with van der Waals surface area (Å²) in [5, 5.41) is 4.56. The Kier molecular flexibility index (Phi) is 5.82. The van der Waals surface area contributed by atoms with Gasteiger partial charge in [0.05, 0.1) is 5.69 Å². The maximum absolute atomic E-state index is 6.25. The van der Waals surface area contributed by atoms with Gasteiger partial charge in [-0.15, -0.1) is 0 Å². The molecule has 0 bridgehead atoms. The van der Waals surface area contributed by atoms with Gasteiger partial charge in [0.25, 0.3) is 0 Å². The van der Waals surface area contributed by atoms with Crippen LogP contribution in [-0.2, 0) is 13.6 Å². The number of rotatable bonds is 7. The van der Waals surface area contributed by atoms with Gasteiger partial charge in [-0.3, -0.25) is 9.58 Å². The van der Waals surface area contributed by atoms with Crippen LogP contribution in [0.4, 0.5) is 0 Å². The van der Waals surface area contributed by atoms with Crippen LogP contribution in [0, 0.1) is 5.92 Å². The molecule has 0 unspecified atom stereocenters. The second-order valence-electron chi connectivity index (χ2n) is 6.68. The Morgan fingerprint density at radius 3 is 2.57 bits per heavy atom. The van der Waals surface area contributed by atoms with Crippen molar-refractivity contribution < 1.29 is 0 Å². The molecule has 0 spiro atoms. The molecule has 0 atom stereocenters. The van der Waals surface area contributed by atoms with Gasteiger partial charge in [-0.05, 0) is 50.6 Å². The zero-order chi connectivity index (χ0) is 15.3. The second kappa shape index (κ2) is 7.41. The summed E-state index contributed by atoms with van der Waals surface area (Å²) in [4.78, 5) is 2.61. The molecular formula is C17H32N4. The molecule has 1 fully saturated rings. The lowest BCUT2D eigenvalue weighted by Gasteiger charge is -2.47. The van der Waals surface area contributed by atoms with E-state index in [1.54, 1.807) is 0 Å². The van der Waals surface area contributed by atoms with E-state index in [-0.39, 0.29) is 5.54 Å². The Morgan fingerprint density at radius 2 is 2.10 bits per heavy atom. The number of nitrogens with two attached hydrogens (primary N) is 1. The molecular weight excluding hydrogens is 260 g/mol. The topological polar surface area (TPSA) is 47.1 Å². The Hall–Kier alpha value is -0.870. The summed E-state index contributed by atoms with van der Waals surface area (Å²) in [6.45, 7) is 7.40. The molecule has 0 radical (unpaired) electrons. The minimum absolute atomic E-state index is 0.194. The van der Waals surface area contributed by atoms with E-state index in [1.165, 1.54) is 38.5 Å². The Morgan fingerprint density at radius 1 is 1.38 bits per heavy atom. The first-order chi connectivity index (χ1) is 10.1. The van der Waals surface area contributed by atoms with Crippen molar-refractivity contribution in [3.8, 4) is 0 Å². The van der Waals surface area contributed by atoms with E-state index in [2.05, 4.69) is 29.9 Å². The van der Waals surface area contributed by atoms with E-state index in [0.717, 1.165) is 31.2 Å². The average Bonchev–Trinajstić information content (AvgIpc) is 2.92. The highest BCUT2D eigenvalue weighted by atomic mass is 15.3. The summed E-state index contributed by atoms with van der Waals surface area (Å²) in [5.41, 5.74) is 7.60. The quantitative estimate of drug-likeness (QED) is 0.840. The highest BCUT2D eigenvalue weighted by Gasteiger charge is 2.38. The number of aryl methyl sites for hydroxylation is 1. The van der Waals surface area contributed by atoms with Crippen molar-refractivity contribution in [2.45, 2.75) is 64.5 Å². The van der Waals surface area contributed by atoms with Crippen molar-refractivity contribution in [1.82, 2.24) is 14.7 Å². The summed E-state index contributed by atoms with van der Waals surface area (Å²) in [5.74, 6) is 0.906. The number of hydrogen-bond donors (Lipinski definition) is 1. The van der Waals surface area contributed by atoms with Crippen molar-refractivity contribution in [2.24, 2.45) is 18.7 Å². The van der Waals surface area contributed by atoms with Gasteiger partial charge in [0.15, 0.2) is 0 Å². The van der Waals surface area contributed by atoms with Gasteiger partial charge in [-0.25, -0.2) is 0 Å². The third-order valence-electron chi connectivity index (χ3n) is 5.28. The van der Waals surface area contributed by atoms with Gasteiger partial charge in [-0.2, -0.15) is 5.10 Å². The maximum atomic E-state index is 6.25. The van der Waals surface area contributed by atoms with Crippen LogP contribution < -0.4 is 5.73 Å². The predicted octanol–water partition coefficient (Wildman–Crippen LogP) is 2.93. The molecule has 1 aliphatic rings. The molecule has 0 amide bonds. The van der Waals surface area contributed by atoms with Crippen LogP contribution in [0.3, 0.4) is 0 Å². The van der Waals surface area contributed by atoms with Crippen molar-refractivity contribution in [3.63, 3.8) is 0 Å². The Labute approximate surface area is 129 Å². The van der Waals surface area contributed by atoms with Crippen LogP contribution in [0.1, 0.15) is 58.1 Å². The van der Waals surface area contributed by atoms with Crippen LogP contribution in [0.15, 0.2) is 12.3 Å². The lowest BCUT2D eigenvalue weighted by molar-refractivity contribution is 0.0337. The highest BCUT2D eigenvalue weighted by molar-refractivity contribution is 5.03. The number of hydrogen-bond acceptors (Lipinski definition) is 3. The van der Waals surface area contributed by atoms with Crippen LogP contribution in [-0.4, -0.2) is 33.3 Å². The SMILES string of the molecule is CCCN(Cc1ccn(C)n1)C1(CN)CCC(CC)CC1. The van der Waals surface area contributed by atoms with Crippen molar-refractivity contribution in [2.75, 3.05) is 13.1 Å². The van der Waals surface area contributed by atoms with Gasteiger partial charge in [0, 0.05) is 31.9 Å². The van der Waals surface area contributed by atoms with E-state index in [4.69, 9.17) is 5.73 Å². The minimum atomic E-state index is 0.194. The highest BCUT2D eigenvalue weighted by Crippen LogP contribution is 2.38. The van der Waals surface area contributed by atoms with E-state index in [1.807, 2.05) is 17.9 Å². The molecule has 2 rings (SSSR count). The molecule has 1 heterocycles. The lowest BCUT2D eigenvalue weighted by atomic mass is 9.74. The molecule has 1 aromatic heterocycles. The van der Waals surface area contributed by atoms with Crippen LogP contribution in [0.2, 0.25) is 0 Å². The van der Waals surface area contributed by atoms with E-state index in [9.17, 15) is 0 Å². The number of aromatic nitrogens is 2. The summed E-state index contributed by atoms with van der Waals surface area (Å²) < 4.78 is 1.89. The predicted molar refractivity (Wildman–Crippen MR) is 87.9 cm³/mol. The van der Waals surface area contributed by atoms with Gasteiger partial charge in [0.1, 0.15) is 0 Å². The molecule has 0 aromatic carbocycles. The van der Waals surface area contributed by atoms with Crippen LogP contribution in [0.25, 0.3) is 0 Å². The number of nitrogens with zero attached hydrogens (tertiary/aromatic N) is 3. The minimum Gasteiger partial charge on any atom is -0.329 e. The van der Waals surface area contributed by atoms with Gasteiger partial charge >= 0.3 is 0 Å². The first-order valence-corrected chi connectivity index (χ1v) is 8.57. The maximum Gasteiger partial charge on any atom is 0.0764 e. The summed E-state index contributed by atoms with van der Waals surface area (Å²) >= 11 is 0. The third kappa shape index (κ3) is 3.86. The molecule has 1 aromatic rings. The fraction of sp³-hybridized carbons (Fsp3) is 0.824. The Bertz CT molecular complexity index is 418. The standard InChI is InChI=1S/C17H32N4/c1-4-11-21(13-16-8-12-20(3)19-16)17(14-18)9-6-15(5-2)7-10-17/h8,12,15H,4-7,9-11,13-14,18H2,1-3H3. The largest absolute Gasteiger partial charge is 0.329 e. The molecule has 1 saturated carbocycles. The van der Waals surface area contributed by atoms with Crippen molar-refractivity contribution >= 4 is 0 Å². The average molecular weight is 292 g/mol. The third-order valence-corrected chi connectivity index (χ3v) is 5.28. The van der Waals surface area contributed by atoms with Gasteiger partial charge in [0.2, 0.25) is 0 Å². The zero-order valence-electron chi connectivity index (χ0n) is 14.0.